The average Bonchev–Trinajstić information content (AvgIpc) is 3.23. The molecule has 2 aromatic carbocycles. The van der Waals surface area contributed by atoms with Crippen molar-refractivity contribution in [2.45, 2.75) is 30.7 Å². The van der Waals surface area contributed by atoms with E-state index in [-0.39, 0.29) is 23.1 Å². The number of hydrazone groups is 1. The van der Waals surface area contributed by atoms with Gasteiger partial charge in [-0.2, -0.15) is 5.10 Å². The van der Waals surface area contributed by atoms with Crippen molar-refractivity contribution in [2.75, 3.05) is 13.7 Å². The summed E-state index contributed by atoms with van der Waals surface area (Å²) in [5, 5.41) is 8.06. The van der Waals surface area contributed by atoms with Gasteiger partial charge in [0.15, 0.2) is 5.96 Å². The van der Waals surface area contributed by atoms with Crippen LogP contribution in [0.2, 0.25) is 0 Å². The Morgan fingerprint density at radius 2 is 1.94 bits per heavy atom. The summed E-state index contributed by atoms with van der Waals surface area (Å²) < 4.78 is 33.9. The third kappa shape index (κ3) is 5.95. The molecule has 12 heteroatoms. The van der Waals surface area contributed by atoms with Crippen LogP contribution in [0, 0.1) is 11.6 Å². The molecule has 35 heavy (non-hydrogen) atoms. The molecule has 3 rings (SSSR count). The smallest absolute Gasteiger partial charge is 0.318 e. The van der Waals surface area contributed by atoms with E-state index in [4.69, 9.17) is 16.2 Å². The topological polar surface area (TPSA) is 135 Å². The number of urea groups is 1. The fraction of sp³-hybridized carbons (Fsp3) is 0.304. The fourth-order valence-electron chi connectivity index (χ4n) is 3.53. The number of rotatable bonds is 8. The van der Waals surface area contributed by atoms with E-state index in [2.05, 4.69) is 15.4 Å². The number of aliphatic imine (C=N–C) groups is 1. The second-order valence-electron chi connectivity index (χ2n) is 7.67. The standard InChI is InChI=1S/C23H26F2N6O3S/c1-14(34-2)20(32)31-23(15-7-4-3-5-8-15,11-6-12-28-21(26)29-22(27)33)35-19(30-31)17-13-16(24)9-10-18(17)25/h3-5,7-10,13-14H,6,11-12H2,1-2H3,(H5,26,27,28,29,33). The Hall–Kier alpha value is -3.51. The minimum Gasteiger partial charge on any atom is -0.372 e. The first-order valence-electron chi connectivity index (χ1n) is 10.7. The monoisotopic (exact) mass is 504 g/mol. The zero-order valence-corrected chi connectivity index (χ0v) is 20.0. The number of hydrogen-bond acceptors (Lipinski definition) is 6. The van der Waals surface area contributed by atoms with Crippen LogP contribution in [0.25, 0.3) is 0 Å². The Kier molecular flexibility index (Phi) is 8.41. The van der Waals surface area contributed by atoms with Crippen LogP contribution in [0.1, 0.15) is 30.9 Å². The molecule has 0 bridgehead atoms. The fourth-order valence-corrected chi connectivity index (χ4v) is 4.96. The number of halogens is 2. The van der Waals surface area contributed by atoms with Gasteiger partial charge in [-0.05, 0) is 43.5 Å². The van der Waals surface area contributed by atoms with Crippen molar-refractivity contribution in [1.82, 2.24) is 10.3 Å². The van der Waals surface area contributed by atoms with Crippen molar-refractivity contribution in [3.63, 3.8) is 0 Å². The van der Waals surface area contributed by atoms with Crippen LogP contribution >= 0.6 is 11.8 Å². The van der Waals surface area contributed by atoms with E-state index in [1.807, 2.05) is 30.3 Å². The lowest BCUT2D eigenvalue weighted by molar-refractivity contribution is -0.144. The Balaban J connectivity index is 2.03. The minimum absolute atomic E-state index is 0.0522. The number of nitrogens with zero attached hydrogens (tertiary/aromatic N) is 3. The van der Waals surface area contributed by atoms with Crippen LogP contribution < -0.4 is 16.8 Å². The van der Waals surface area contributed by atoms with Gasteiger partial charge in [0, 0.05) is 19.2 Å². The predicted molar refractivity (Wildman–Crippen MR) is 130 cm³/mol. The van der Waals surface area contributed by atoms with Crippen LogP contribution in [-0.4, -0.2) is 47.7 Å². The minimum atomic E-state index is -1.10. The van der Waals surface area contributed by atoms with Gasteiger partial charge < -0.3 is 16.2 Å². The molecule has 1 aliphatic rings. The largest absolute Gasteiger partial charge is 0.372 e. The third-order valence-corrected chi connectivity index (χ3v) is 6.74. The first-order chi connectivity index (χ1) is 16.7. The second kappa shape index (κ2) is 11.3. The number of benzene rings is 2. The molecule has 2 aromatic rings. The zero-order chi connectivity index (χ0) is 25.6. The molecular weight excluding hydrogens is 478 g/mol. The van der Waals surface area contributed by atoms with Crippen molar-refractivity contribution in [2.24, 2.45) is 21.6 Å². The summed E-state index contributed by atoms with van der Waals surface area (Å²) in [7, 11) is 1.40. The van der Waals surface area contributed by atoms with E-state index in [1.165, 1.54) is 12.1 Å². The van der Waals surface area contributed by atoms with Crippen molar-refractivity contribution in [1.29, 1.82) is 0 Å². The molecule has 186 valence electrons. The summed E-state index contributed by atoms with van der Waals surface area (Å²) in [6.07, 6.45) is -0.114. The molecule has 0 fully saturated rings. The molecule has 1 heterocycles. The quantitative estimate of drug-likeness (QED) is 0.289. The number of nitrogens with two attached hydrogens (primary N) is 2. The van der Waals surface area contributed by atoms with Gasteiger partial charge in [0.05, 0.1) is 0 Å². The lowest BCUT2D eigenvalue weighted by Crippen LogP contribution is -2.46. The van der Waals surface area contributed by atoms with Crippen molar-refractivity contribution in [3.8, 4) is 0 Å². The molecule has 0 radical (unpaired) electrons. The van der Waals surface area contributed by atoms with Gasteiger partial charge >= 0.3 is 6.03 Å². The first kappa shape index (κ1) is 26.1. The van der Waals surface area contributed by atoms with Crippen LogP contribution in [0.3, 0.4) is 0 Å². The highest BCUT2D eigenvalue weighted by Gasteiger charge is 2.49. The average molecular weight is 505 g/mol. The van der Waals surface area contributed by atoms with Crippen molar-refractivity contribution in [3.05, 3.63) is 71.3 Å². The second-order valence-corrected chi connectivity index (χ2v) is 8.94. The van der Waals surface area contributed by atoms with Crippen molar-refractivity contribution < 1.29 is 23.1 Å². The highest BCUT2D eigenvalue weighted by atomic mass is 32.2. The van der Waals surface area contributed by atoms with Gasteiger partial charge in [-0.1, -0.05) is 42.1 Å². The normalized spacial score (nSPS) is 18.8. The maximum absolute atomic E-state index is 14.7. The third-order valence-electron chi connectivity index (χ3n) is 5.30. The molecule has 0 saturated carbocycles. The summed E-state index contributed by atoms with van der Waals surface area (Å²) in [6.45, 7) is 1.78. The summed E-state index contributed by atoms with van der Waals surface area (Å²) in [4.78, 5) is 27.3. The van der Waals surface area contributed by atoms with E-state index in [9.17, 15) is 18.4 Å². The van der Waals surface area contributed by atoms with Crippen LogP contribution in [-0.2, 0) is 14.4 Å². The number of guanidine groups is 1. The van der Waals surface area contributed by atoms with E-state index in [1.54, 1.807) is 6.92 Å². The van der Waals surface area contributed by atoms with Gasteiger partial charge in [0.25, 0.3) is 5.91 Å². The number of carbonyl (C=O) groups is 2. The Bertz CT molecular complexity index is 1150. The Morgan fingerprint density at radius 1 is 1.23 bits per heavy atom. The molecule has 0 spiro atoms. The number of primary amides is 1. The van der Waals surface area contributed by atoms with Crippen LogP contribution in [0.4, 0.5) is 13.6 Å². The molecular formula is C23H26F2N6O3S. The van der Waals surface area contributed by atoms with Gasteiger partial charge in [0.1, 0.15) is 27.7 Å². The number of methoxy groups -OCH3 is 1. The Labute approximate surface area is 205 Å². The molecule has 2 atom stereocenters. The summed E-state index contributed by atoms with van der Waals surface area (Å²) in [6, 6.07) is 11.4. The summed E-state index contributed by atoms with van der Waals surface area (Å²) in [5.74, 6) is -1.88. The number of carbonyl (C=O) groups excluding carboxylic acids is 2. The van der Waals surface area contributed by atoms with Gasteiger partial charge in [0.2, 0.25) is 0 Å². The lowest BCUT2D eigenvalue weighted by Gasteiger charge is -2.36. The van der Waals surface area contributed by atoms with E-state index in [0.29, 0.717) is 12.8 Å². The van der Waals surface area contributed by atoms with Crippen molar-refractivity contribution >= 4 is 34.7 Å². The molecule has 5 N–H and O–H groups in total. The number of hydrogen-bond donors (Lipinski definition) is 3. The highest BCUT2D eigenvalue weighted by molar-refractivity contribution is 8.15. The predicted octanol–water partition coefficient (Wildman–Crippen LogP) is 2.85. The maximum atomic E-state index is 14.7. The van der Waals surface area contributed by atoms with E-state index < -0.39 is 34.5 Å². The van der Waals surface area contributed by atoms with Crippen LogP contribution in [0.5, 0.6) is 0 Å². The molecule has 0 saturated heterocycles. The Morgan fingerprint density at radius 3 is 2.60 bits per heavy atom. The summed E-state index contributed by atoms with van der Waals surface area (Å²) in [5.41, 5.74) is 11.3. The van der Waals surface area contributed by atoms with Gasteiger partial charge in [-0.25, -0.2) is 18.6 Å². The molecule has 1 aliphatic heterocycles. The zero-order valence-electron chi connectivity index (χ0n) is 19.2. The number of nitrogens with one attached hydrogen (secondary N) is 1. The molecule has 9 nitrogen and oxygen atoms in total. The summed E-state index contributed by atoms with van der Waals surface area (Å²) >= 11 is 1.14. The number of ether oxygens (including phenoxy) is 1. The van der Waals surface area contributed by atoms with Gasteiger partial charge in [-0.3, -0.25) is 15.1 Å². The van der Waals surface area contributed by atoms with Crippen LogP contribution in [0.15, 0.2) is 58.6 Å². The maximum Gasteiger partial charge on any atom is 0.318 e. The molecule has 3 amide bonds. The SMILES string of the molecule is COC(C)C(=O)N1N=C(c2cc(F)ccc2F)SC1(CCCN=C(N)NC(N)=O)c1ccccc1. The van der Waals surface area contributed by atoms with Gasteiger partial charge in [-0.15, -0.1) is 0 Å². The molecule has 2 unspecified atom stereocenters. The number of thioether (sulfide) groups is 1. The molecule has 0 aromatic heterocycles. The highest BCUT2D eigenvalue weighted by Crippen LogP contribution is 2.51. The lowest BCUT2D eigenvalue weighted by atomic mass is 9.99. The van der Waals surface area contributed by atoms with E-state index in [0.717, 1.165) is 35.5 Å². The molecule has 0 aliphatic carbocycles. The first-order valence-corrected chi connectivity index (χ1v) is 11.5. The van der Waals surface area contributed by atoms with E-state index >= 15 is 0 Å². The number of amides is 3.